The number of pyridine rings is 1. The van der Waals surface area contributed by atoms with Crippen LogP contribution in [0.3, 0.4) is 0 Å². The number of hydrogen-bond acceptors (Lipinski definition) is 8. The van der Waals surface area contributed by atoms with Gasteiger partial charge in [0.15, 0.2) is 0 Å². The molecule has 0 radical (unpaired) electrons. The fourth-order valence-electron chi connectivity index (χ4n) is 5.23. The van der Waals surface area contributed by atoms with Gasteiger partial charge >= 0.3 is 5.97 Å². The predicted molar refractivity (Wildman–Crippen MR) is 169 cm³/mol. The van der Waals surface area contributed by atoms with Crippen LogP contribution in [0.4, 0.5) is 5.69 Å². The van der Waals surface area contributed by atoms with Crippen LogP contribution in [-0.4, -0.2) is 58.3 Å². The van der Waals surface area contributed by atoms with E-state index in [9.17, 15) is 14.4 Å². The number of amides is 1. The Kier molecular flexibility index (Phi) is 9.63. The number of anilines is 1. The highest BCUT2D eigenvalue weighted by Gasteiger charge is 2.30. The summed E-state index contributed by atoms with van der Waals surface area (Å²) in [6.07, 6.45) is 2.13. The second-order valence-corrected chi connectivity index (χ2v) is 11.1. The zero-order chi connectivity index (χ0) is 31.4. The molecular weight excluding hydrogens is 605 g/mol. The van der Waals surface area contributed by atoms with E-state index in [-0.39, 0.29) is 22.5 Å². The lowest BCUT2D eigenvalue weighted by atomic mass is 10.00. The molecule has 2 aromatic heterocycles. The van der Waals surface area contributed by atoms with E-state index in [1.54, 1.807) is 25.3 Å². The lowest BCUT2D eigenvalue weighted by molar-refractivity contribution is -0.147. The van der Waals surface area contributed by atoms with Crippen molar-refractivity contribution in [2.45, 2.75) is 19.9 Å². The van der Waals surface area contributed by atoms with E-state index in [2.05, 4.69) is 15.3 Å². The molecule has 228 valence electrons. The van der Waals surface area contributed by atoms with Crippen molar-refractivity contribution in [3.05, 3.63) is 92.3 Å². The normalized spacial score (nSPS) is 14.8. The number of halogens is 2. The largest absolute Gasteiger partial charge is 0.481 e. The van der Waals surface area contributed by atoms with Gasteiger partial charge in [0, 0.05) is 48.6 Å². The smallest absolute Gasteiger partial charge is 0.310 e. The van der Waals surface area contributed by atoms with Crippen LogP contribution in [0.5, 0.6) is 5.88 Å². The number of ether oxygens (including phenoxy) is 2. The van der Waals surface area contributed by atoms with Crippen LogP contribution in [0.2, 0.25) is 10.0 Å². The summed E-state index contributed by atoms with van der Waals surface area (Å²) in [6, 6.07) is 15.9. The molecule has 1 aliphatic rings. The van der Waals surface area contributed by atoms with Crippen molar-refractivity contribution in [2.24, 2.45) is 13.0 Å². The number of nitrogens with zero attached hydrogens (tertiary/aromatic N) is 4. The summed E-state index contributed by atoms with van der Waals surface area (Å²) in [4.78, 5) is 44.3. The minimum Gasteiger partial charge on any atom is -0.481 e. The highest BCUT2D eigenvalue weighted by molar-refractivity contribution is 6.39. The first-order valence-electron chi connectivity index (χ1n) is 14.1. The maximum atomic E-state index is 12.9. The number of benzene rings is 2. The number of aryl methyl sites for hydroxylation is 1. The molecule has 44 heavy (non-hydrogen) atoms. The van der Waals surface area contributed by atoms with E-state index in [4.69, 9.17) is 37.7 Å². The van der Waals surface area contributed by atoms with Crippen molar-refractivity contribution in [1.82, 2.24) is 19.7 Å². The minimum absolute atomic E-state index is 0.0592. The zero-order valence-corrected chi connectivity index (χ0v) is 26.0. The number of esters is 1. The Morgan fingerprint density at radius 2 is 1.75 bits per heavy atom. The van der Waals surface area contributed by atoms with Gasteiger partial charge in [-0.3, -0.25) is 19.3 Å². The second-order valence-electron chi connectivity index (χ2n) is 10.3. The fraction of sp³-hybridized carbons (Fsp3) is 0.281. The fourth-order valence-corrected chi connectivity index (χ4v) is 5.83. The van der Waals surface area contributed by atoms with Crippen molar-refractivity contribution >= 4 is 40.8 Å². The molecule has 1 fully saturated rings. The Hall–Kier alpha value is -4.25. The number of hydrogen-bond donors (Lipinski definition) is 1. The van der Waals surface area contributed by atoms with Crippen molar-refractivity contribution in [1.29, 1.82) is 0 Å². The van der Waals surface area contributed by atoms with Gasteiger partial charge in [-0.1, -0.05) is 59.6 Å². The van der Waals surface area contributed by atoms with Gasteiger partial charge in [0.25, 0.3) is 11.5 Å². The van der Waals surface area contributed by atoms with E-state index in [0.29, 0.717) is 58.7 Å². The molecular formula is C32H31Cl2N5O5. The van der Waals surface area contributed by atoms with Crippen LogP contribution in [0, 0.1) is 5.92 Å². The topological polar surface area (TPSA) is 116 Å². The van der Waals surface area contributed by atoms with Crippen molar-refractivity contribution in [3.8, 4) is 28.3 Å². The summed E-state index contributed by atoms with van der Waals surface area (Å²) in [5.74, 6) is -0.420. The number of likely N-dealkylation sites (tertiary alicyclic amines) is 1. The molecule has 12 heteroatoms. The van der Waals surface area contributed by atoms with Crippen LogP contribution in [0.1, 0.15) is 29.3 Å². The number of nitrogens with one attached hydrogen (secondary N) is 1. The van der Waals surface area contributed by atoms with Gasteiger partial charge in [0.05, 0.1) is 41.1 Å². The third-order valence-corrected chi connectivity index (χ3v) is 8.29. The lowest BCUT2D eigenvalue weighted by Gasteiger charge is -2.18. The number of carbonyl (C=O) groups is 2. The molecule has 1 N–H and O–H groups in total. The predicted octanol–water partition coefficient (Wildman–Crippen LogP) is 5.46. The van der Waals surface area contributed by atoms with E-state index in [1.807, 2.05) is 37.3 Å². The van der Waals surface area contributed by atoms with E-state index < -0.39 is 11.5 Å². The van der Waals surface area contributed by atoms with Crippen LogP contribution >= 0.6 is 23.2 Å². The standard InChI is InChI=1S/C32H31Cl2N5O5/c1-4-44-32(42)20-14-16-39(18-20)17-19-11-12-25(37-30(19)43-3)23-9-5-7-21(27(23)33)22-8-6-10-26(28(22)34)36-29(40)24-13-15-35-38(2)31(24)41/h5-13,15,20H,4,14,16-18H2,1-3H3,(H,36,40)/t20-/m0/s1. The molecule has 0 saturated carbocycles. The molecule has 3 heterocycles. The van der Waals surface area contributed by atoms with Gasteiger partial charge in [-0.05, 0) is 38.1 Å². The highest BCUT2D eigenvalue weighted by Crippen LogP contribution is 2.41. The first-order valence-corrected chi connectivity index (χ1v) is 14.8. The SMILES string of the molecule is CCOC(=O)[C@H]1CCN(Cc2ccc(-c3cccc(-c4cccc(NC(=O)c5ccnn(C)c5=O)c4Cl)c3Cl)nc2OC)C1. The minimum atomic E-state index is -0.603. The molecule has 1 aliphatic heterocycles. The molecule has 5 rings (SSSR count). The average molecular weight is 637 g/mol. The molecule has 1 amide bonds. The lowest BCUT2D eigenvalue weighted by Crippen LogP contribution is -2.28. The Morgan fingerprint density at radius 1 is 1.02 bits per heavy atom. The van der Waals surface area contributed by atoms with Crippen molar-refractivity contribution < 1.29 is 19.1 Å². The summed E-state index contributed by atoms with van der Waals surface area (Å²) in [5, 5.41) is 7.25. The average Bonchev–Trinajstić information content (AvgIpc) is 3.49. The third-order valence-electron chi connectivity index (χ3n) is 7.48. The Morgan fingerprint density at radius 3 is 2.50 bits per heavy atom. The summed E-state index contributed by atoms with van der Waals surface area (Å²) < 4.78 is 11.9. The van der Waals surface area contributed by atoms with E-state index in [0.717, 1.165) is 23.2 Å². The number of rotatable bonds is 9. The molecule has 0 spiro atoms. The maximum absolute atomic E-state index is 12.9. The Bertz CT molecular complexity index is 1780. The highest BCUT2D eigenvalue weighted by atomic mass is 35.5. The van der Waals surface area contributed by atoms with Crippen LogP contribution < -0.4 is 15.6 Å². The van der Waals surface area contributed by atoms with Crippen LogP contribution in [0.15, 0.2) is 65.6 Å². The van der Waals surface area contributed by atoms with Gasteiger partial charge in [-0.15, -0.1) is 0 Å². The van der Waals surface area contributed by atoms with Crippen LogP contribution in [-0.2, 0) is 23.1 Å². The first-order chi connectivity index (χ1) is 21.2. The first kappa shape index (κ1) is 31.2. The zero-order valence-electron chi connectivity index (χ0n) is 24.5. The third kappa shape index (κ3) is 6.47. The van der Waals surface area contributed by atoms with Gasteiger partial charge < -0.3 is 14.8 Å². The molecule has 0 bridgehead atoms. The molecule has 1 atom stereocenters. The van der Waals surface area contributed by atoms with Gasteiger partial charge in [0.2, 0.25) is 5.88 Å². The summed E-state index contributed by atoms with van der Waals surface area (Å²) >= 11 is 13.7. The Balaban J connectivity index is 1.39. The second kappa shape index (κ2) is 13.6. The molecule has 0 aliphatic carbocycles. The molecule has 2 aromatic carbocycles. The number of aromatic nitrogens is 3. The van der Waals surface area contributed by atoms with Gasteiger partial charge in [0.1, 0.15) is 5.56 Å². The van der Waals surface area contributed by atoms with E-state index >= 15 is 0 Å². The summed E-state index contributed by atoms with van der Waals surface area (Å²) in [7, 11) is 3.04. The summed E-state index contributed by atoms with van der Waals surface area (Å²) in [5.41, 5.74) is 3.14. The maximum Gasteiger partial charge on any atom is 0.310 e. The van der Waals surface area contributed by atoms with E-state index in [1.165, 1.54) is 19.3 Å². The number of methoxy groups -OCH3 is 1. The van der Waals surface area contributed by atoms with Gasteiger partial charge in [-0.25, -0.2) is 9.67 Å². The number of carbonyl (C=O) groups excluding carboxylic acids is 2. The quantitative estimate of drug-likeness (QED) is 0.241. The van der Waals surface area contributed by atoms with Gasteiger partial charge in [-0.2, -0.15) is 5.10 Å². The molecule has 0 unspecified atom stereocenters. The van der Waals surface area contributed by atoms with Crippen molar-refractivity contribution in [3.63, 3.8) is 0 Å². The monoisotopic (exact) mass is 635 g/mol. The molecule has 10 nitrogen and oxygen atoms in total. The Labute approximate surface area is 264 Å². The molecule has 1 saturated heterocycles. The van der Waals surface area contributed by atoms with Crippen molar-refractivity contribution in [2.75, 3.05) is 32.1 Å². The van der Waals surface area contributed by atoms with Crippen LogP contribution in [0.25, 0.3) is 22.4 Å². The molecule has 4 aromatic rings. The summed E-state index contributed by atoms with van der Waals surface area (Å²) in [6.45, 7) is 4.17.